The third-order valence-electron chi connectivity index (χ3n) is 3.37. The van der Waals surface area contributed by atoms with Crippen LogP contribution in [0.1, 0.15) is 11.8 Å². The van der Waals surface area contributed by atoms with Crippen molar-refractivity contribution in [3.05, 3.63) is 28.1 Å². The molecule has 0 aliphatic heterocycles. The first-order chi connectivity index (χ1) is 9.28. The lowest BCUT2D eigenvalue weighted by molar-refractivity contribution is 0.395. The van der Waals surface area contributed by atoms with Gasteiger partial charge in [-0.25, -0.2) is 8.42 Å². The Morgan fingerprint density at radius 3 is 2.70 bits per heavy atom. The molecule has 0 aliphatic carbocycles. The normalized spacial score (nSPS) is 14.1. The van der Waals surface area contributed by atoms with Crippen LogP contribution in [0, 0.1) is 6.92 Å². The lowest BCUT2D eigenvalue weighted by Gasteiger charge is -2.23. The van der Waals surface area contributed by atoms with Crippen molar-refractivity contribution in [2.75, 3.05) is 13.6 Å². The van der Waals surface area contributed by atoms with Crippen LogP contribution >= 0.6 is 22.9 Å². The first-order valence-corrected chi connectivity index (χ1v) is 8.79. The van der Waals surface area contributed by atoms with E-state index in [2.05, 4.69) is 0 Å². The van der Waals surface area contributed by atoms with E-state index < -0.39 is 10.0 Å². The number of aryl methyl sites for hydroxylation is 1. The van der Waals surface area contributed by atoms with Gasteiger partial charge in [-0.05, 0) is 32.0 Å². The van der Waals surface area contributed by atoms with E-state index in [1.165, 1.54) is 15.6 Å². The number of halogens is 1. The van der Waals surface area contributed by atoms with Crippen molar-refractivity contribution in [3.8, 4) is 0 Å². The Morgan fingerprint density at radius 1 is 1.45 bits per heavy atom. The zero-order valence-corrected chi connectivity index (χ0v) is 13.9. The molecule has 0 aliphatic rings. The molecular formula is C13H17ClN2O2S2. The average Bonchev–Trinajstić information content (AvgIpc) is 2.72. The molecular weight excluding hydrogens is 316 g/mol. The number of hydrogen-bond acceptors (Lipinski definition) is 4. The molecule has 1 unspecified atom stereocenters. The lowest BCUT2D eigenvalue weighted by atomic mass is 10.2. The summed E-state index contributed by atoms with van der Waals surface area (Å²) in [6.07, 6.45) is 0. The topological polar surface area (TPSA) is 63.4 Å². The number of likely N-dealkylation sites (N-methyl/N-ethyl adjacent to an activating group) is 1. The first-order valence-electron chi connectivity index (χ1n) is 6.15. The number of nitrogens with zero attached hydrogens (tertiary/aromatic N) is 1. The number of sulfonamides is 1. The molecule has 0 fully saturated rings. The van der Waals surface area contributed by atoms with Crippen molar-refractivity contribution in [1.29, 1.82) is 0 Å². The SMILES string of the molecule is Cc1sc2ccc(Cl)cc2c1S(=O)(=O)N(C)C(C)CN. The first kappa shape index (κ1) is 15.7. The standard InChI is InChI=1S/C13H17ClN2O2S2/c1-8(7-15)16(3)20(17,18)13-9(2)19-12-5-4-10(14)6-11(12)13/h4-6,8H,7,15H2,1-3H3. The van der Waals surface area contributed by atoms with E-state index in [4.69, 9.17) is 17.3 Å². The second kappa shape index (κ2) is 5.61. The van der Waals surface area contributed by atoms with Crippen LogP contribution in [0.25, 0.3) is 10.1 Å². The summed E-state index contributed by atoms with van der Waals surface area (Å²) in [7, 11) is -2.02. The summed E-state index contributed by atoms with van der Waals surface area (Å²) in [5.74, 6) is 0. The van der Waals surface area contributed by atoms with Crippen LogP contribution in [0.4, 0.5) is 0 Å². The minimum atomic E-state index is -3.58. The number of rotatable bonds is 4. The number of nitrogens with two attached hydrogens (primary N) is 1. The summed E-state index contributed by atoms with van der Waals surface area (Å²) in [4.78, 5) is 1.10. The number of hydrogen-bond donors (Lipinski definition) is 1. The van der Waals surface area contributed by atoms with Gasteiger partial charge in [-0.15, -0.1) is 11.3 Å². The third-order valence-corrected chi connectivity index (χ3v) is 6.98. The van der Waals surface area contributed by atoms with Crippen molar-refractivity contribution in [3.63, 3.8) is 0 Å². The minimum Gasteiger partial charge on any atom is -0.329 e. The minimum absolute atomic E-state index is 0.256. The molecule has 4 nitrogen and oxygen atoms in total. The highest BCUT2D eigenvalue weighted by Gasteiger charge is 2.29. The highest BCUT2D eigenvalue weighted by Crippen LogP contribution is 2.37. The monoisotopic (exact) mass is 332 g/mol. The zero-order valence-electron chi connectivity index (χ0n) is 11.6. The molecule has 0 bridgehead atoms. The Balaban J connectivity index is 2.68. The molecule has 1 aromatic carbocycles. The fourth-order valence-electron chi connectivity index (χ4n) is 2.02. The van der Waals surface area contributed by atoms with Crippen molar-refractivity contribution in [2.45, 2.75) is 24.8 Å². The molecule has 0 saturated heterocycles. The van der Waals surface area contributed by atoms with Crippen molar-refractivity contribution < 1.29 is 8.42 Å². The van der Waals surface area contributed by atoms with Crippen LogP contribution in [-0.4, -0.2) is 32.4 Å². The van der Waals surface area contributed by atoms with E-state index in [0.717, 1.165) is 9.58 Å². The summed E-state index contributed by atoms with van der Waals surface area (Å²) in [6, 6.07) is 5.06. The van der Waals surface area contributed by atoms with E-state index in [-0.39, 0.29) is 12.6 Å². The van der Waals surface area contributed by atoms with E-state index in [0.29, 0.717) is 15.3 Å². The fourth-order valence-corrected chi connectivity index (χ4v) is 5.29. The molecule has 110 valence electrons. The molecule has 2 aromatic rings. The molecule has 1 atom stereocenters. The lowest BCUT2D eigenvalue weighted by Crippen LogP contribution is -2.39. The Labute approximate surface area is 128 Å². The fraction of sp³-hybridized carbons (Fsp3) is 0.385. The maximum absolute atomic E-state index is 12.8. The van der Waals surface area contributed by atoms with E-state index in [1.54, 1.807) is 26.1 Å². The van der Waals surface area contributed by atoms with Gasteiger partial charge < -0.3 is 5.73 Å². The van der Waals surface area contributed by atoms with Crippen molar-refractivity contribution >= 4 is 43.0 Å². The largest absolute Gasteiger partial charge is 0.329 e. The summed E-state index contributed by atoms with van der Waals surface area (Å²) in [5, 5.41) is 1.21. The number of fused-ring (bicyclic) bond motifs is 1. The van der Waals surface area contributed by atoms with E-state index >= 15 is 0 Å². The van der Waals surface area contributed by atoms with Gasteiger partial charge >= 0.3 is 0 Å². The van der Waals surface area contributed by atoms with Gasteiger partial charge in [-0.3, -0.25) is 0 Å². The van der Waals surface area contributed by atoms with Gasteiger partial charge in [0.1, 0.15) is 4.90 Å². The highest BCUT2D eigenvalue weighted by atomic mass is 35.5. The molecule has 2 N–H and O–H groups in total. The van der Waals surface area contributed by atoms with Gasteiger partial charge in [-0.2, -0.15) is 4.31 Å². The van der Waals surface area contributed by atoms with Crippen LogP contribution in [0.3, 0.4) is 0 Å². The molecule has 2 rings (SSSR count). The Hall–Kier alpha value is -0.660. The Morgan fingerprint density at radius 2 is 2.10 bits per heavy atom. The quantitative estimate of drug-likeness (QED) is 0.936. The van der Waals surface area contributed by atoms with Crippen LogP contribution < -0.4 is 5.73 Å². The maximum Gasteiger partial charge on any atom is 0.244 e. The number of benzene rings is 1. The molecule has 7 heteroatoms. The molecule has 1 heterocycles. The molecule has 0 amide bonds. The van der Waals surface area contributed by atoms with E-state index in [9.17, 15) is 8.42 Å². The Kier molecular flexibility index (Phi) is 4.41. The predicted octanol–water partition coefficient (Wildman–Crippen LogP) is 2.83. The van der Waals surface area contributed by atoms with Crippen LogP contribution in [0.15, 0.2) is 23.1 Å². The highest BCUT2D eigenvalue weighted by molar-refractivity contribution is 7.89. The second-order valence-corrected chi connectivity index (χ2v) is 8.36. The van der Waals surface area contributed by atoms with Crippen LogP contribution in [0.5, 0.6) is 0 Å². The van der Waals surface area contributed by atoms with Gasteiger partial charge in [0, 0.05) is 39.6 Å². The predicted molar refractivity (Wildman–Crippen MR) is 85.0 cm³/mol. The Bertz CT molecular complexity index is 740. The van der Waals surface area contributed by atoms with Crippen LogP contribution in [-0.2, 0) is 10.0 Å². The van der Waals surface area contributed by atoms with Crippen molar-refractivity contribution in [1.82, 2.24) is 4.31 Å². The zero-order chi connectivity index (χ0) is 15.1. The molecule has 0 spiro atoms. The summed E-state index contributed by atoms with van der Waals surface area (Å²) >= 11 is 7.45. The van der Waals surface area contributed by atoms with Gasteiger partial charge in [0.05, 0.1) is 0 Å². The maximum atomic E-state index is 12.8. The average molecular weight is 333 g/mol. The number of thiophene rings is 1. The van der Waals surface area contributed by atoms with Crippen LogP contribution in [0.2, 0.25) is 5.02 Å². The molecule has 0 radical (unpaired) electrons. The van der Waals surface area contributed by atoms with Crippen molar-refractivity contribution in [2.24, 2.45) is 5.73 Å². The van der Waals surface area contributed by atoms with Gasteiger partial charge in [0.25, 0.3) is 0 Å². The third kappa shape index (κ3) is 2.58. The smallest absolute Gasteiger partial charge is 0.244 e. The molecule has 1 aromatic heterocycles. The summed E-state index contributed by atoms with van der Waals surface area (Å²) in [5.41, 5.74) is 5.57. The van der Waals surface area contributed by atoms with Gasteiger partial charge in [0.15, 0.2) is 0 Å². The second-order valence-electron chi connectivity index (χ2n) is 4.73. The summed E-state index contributed by atoms with van der Waals surface area (Å²) < 4.78 is 27.8. The molecule has 0 saturated carbocycles. The van der Waals surface area contributed by atoms with E-state index in [1.807, 2.05) is 13.0 Å². The van der Waals surface area contributed by atoms with Gasteiger partial charge in [0.2, 0.25) is 10.0 Å². The molecule has 20 heavy (non-hydrogen) atoms. The summed E-state index contributed by atoms with van der Waals surface area (Å²) in [6.45, 7) is 3.87. The van der Waals surface area contributed by atoms with Gasteiger partial charge in [-0.1, -0.05) is 11.6 Å².